The lowest BCUT2D eigenvalue weighted by Gasteiger charge is -2.38. The van der Waals surface area contributed by atoms with Gasteiger partial charge in [0.25, 0.3) is 0 Å². The summed E-state index contributed by atoms with van der Waals surface area (Å²) in [5, 5.41) is 0.766. The molecule has 0 radical (unpaired) electrons. The number of thiazole rings is 1. The number of esters is 1. The number of carbonyl (C=O) groups excluding carboxylic acids is 1. The summed E-state index contributed by atoms with van der Waals surface area (Å²) in [7, 11) is -3.30. The largest absolute Gasteiger partial charge is 0.455 e. The van der Waals surface area contributed by atoms with E-state index in [4.69, 9.17) is 4.74 Å². The Morgan fingerprint density at radius 2 is 1.96 bits per heavy atom. The monoisotopic (exact) mass is 420 g/mol. The molecule has 6 nitrogen and oxygen atoms in total. The molecule has 3 aromatic rings. The van der Waals surface area contributed by atoms with E-state index in [-0.39, 0.29) is 22.6 Å². The maximum atomic E-state index is 13.3. The average molecular weight is 420 g/mol. The molecule has 4 rings (SSSR count). The van der Waals surface area contributed by atoms with Gasteiger partial charge in [-0.2, -0.15) is 0 Å². The number of ether oxygens (including phenoxy) is 1. The van der Waals surface area contributed by atoms with Gasteiger partial charge in [-0.3, -0.25) is 0 Å². The fourth-order valence-corrected chi connectivity index (χ4v) is 4.77. The summed E-state index contributed by atoms with van der Waals surface area (Å²) in [6.07, 6.45) is -0.268. The van der Waals surface area contributed by atoms with E-state index < -0.39 is 15.8 Å². The molecule has 0 spiro atoms. The van der Waals surface area contributed by atoms with Gasteiger partial charge in [-0.05, 0) is 42.5 Å². The van der Waals surface area contributed by atoms with Crippen LogP contribution in [0.1, 0.15) is 17.3 Å². The van der Waals surface area contributed by atoms with Gasteiger partial charge in [-0.25, -0.2) is 22.6 Å². The first kappa shape index (κ1) is 18.8. The second-order valence-corrected chi connectivity index (χ2v) is 9.76. The first-order valence-electron chi connectivity index (χ1n) is 8.70. The minimum absolute atomic E-state index is 0.00705. The van der Waals surface area contributed by atoms with Crippen LogP contribution in [0.3, 0.4) is 0 Å². The van der Waals surface area contributed by atoms with Crippen LogP contribution in [0.2, 0.25) is 0 Å². The van der Waals surface area contributed by atoms with Gasteiger partial charge in [-0.15, -0.1) is 0 Å². The molecule has 9 heteroatoms. The van der Waals surface area contributed by atoms with Crippen molar-refractivity contribution in [2.24, 2.45) is 0 Å². The molecule has 1 aliphatic rings. The molecule has 0 unspecified atom stereocenters. The summed E-state index contributed by atoms with van der Waals surface area (Å²) in [5.74, 6) is -0.778. The lowest BCUT2D eigenvalue weighted by atomic mass is 10.2. The molecule has 0 atom stereocenters. The number of nitrogens with zero attached hydrogens (tertiary/aromatic N) is 2. The third-order valence-corrected chi connectivity index (χ3v) is 7.39. The molecule has 0 aliphatic carbocycles. The number of fused-ring (bicyclic) bond motifs is 1. The number of carbonyl (C=O) groups is 1. The van der Waals surface area contributed by atoms with Gasteiger partial charge >= 0.3 is 5.97 Å². The molecular formula is C19H17FN2O4S2. The third-order valence-electron chi connectivity index (χ3n) is 4.56. The Morgan fingerprint density at radius 1 is 1.25 bits per heavy atom. The molecule has 1 fully saturated rings. The molecule has 2 aromatic carbocycles. The number of benzene rings is 2. The van der Waals surface area contributed by atoms with Gasteiger partial charge in [0.15, 0.2) is 15.0 Å². The predicted octanol–water partition coefficient (Wildman–Crippen LogP) is 3.27. The number of sulfone groups is 1. The van der Waals surface area contributed by atoms with Gasteiger partial charge in [0.2, 0.25) is 0 Å². The van der Waals surface area contributed by atoms with E-state index in [1.165, 1.54) is 47.7 Å². The highest BCUT2D eigenvalue weighted by Crippen LogP contribution is 2.32. The Kier molecular flexibility index (Phi) is 4.80. The van der Waals surface area contributed by atoms with E-state index in [1.54, 1.807) is 13.0 Å². The van der Waals surface area contributed by atoms with Crippen LogP contribution in [0.15, 0.2) is 47.4 Å². The summed E-state index contributed by atoms with van der Waals surface area (Å²) >= 11 is 1.40. The van der Waals surface area contributed by atoms with Crippen LogP contribution < -0.4 is 4.90 Å². The van der Waals surface area contributed by atoms with Crippen LogP contribution >= 0.6 is 11.3 Å². The molecule has 1 aromatic heterocycles. The molecule has 1 saturated heterocycles. The molecule has 0 saturated carbocycles. The fourth-order valence-electron chi connectivity index (χ4n) is 2.87. The Bertz CT molecular complexity index is 1140. The van der Waals surface area contributed by atoms with Crippen molar-refractivity contribution in [1.82, 2.24) is 4.98 Å². The fraction of sp³-hybridized carbons (Fsp3) is 0.263. The zero-order valence-electron chi connectivity index (χ0n) is 15.0. The topological polar surface area (TPSA) is 76.6 Å². The Labute approximate surface area is 165 Å². The summed E-state index contributed by atoms with van der Waals surface area (Å²) in [6, 6.07) is 10.2. The van der Waals surface area contributed by atoms with Crippen LogP contribution in [0, 0.1) is 5.82 Å². The lowest BCUT2D eigenvalue weighted by molar-refractivity contribution is 0.0234. The second kappa shape index (κ2) is 7.14. The van der Waals surface area contributed by atoms with Crippen molar-refractivity contribution in [1.29, 1.82) is 0 Å². The standard InChI is InChI=1S/C19H17FN2O4S2/c1-2-28(24,25)15-6-3-12(4-7-15)18(23)26-14-10-22(11-14)19-21-16-8-5-13(20)9-17(16)27-19/h3-9,14H,2,10-11H2,1H3. The molecule has 0 N–H and O–H groups in total. The molecular weight excluding hydrogens is 403 g/mol. The SMILES string of the molecule is CCS(=O)(=O)c1ccc(C(=O)OC2CN(c3nc4ccc(F)cc4s3)C2)cc1. The molecule has 0 amide bonds. The number of anilines is 1. The zero-order chi connectivity index (χ0) is 19.9. The van der Waals surface area contributed by atoms with Crippen molar-refractivity contribution in [3.63, 3.8) is 0 Å². The smallest absolute Gasteiger partial charge is 0.338 e. The first-order valence-corrected chi connectivity index (χ1v) is 11.2. The van der Waals surface area contributed by atoms with Crippen LogP contribution in [0.5, 0.6) is 0 Å². The minimum atomic E-state index is -3.30. The number of aromatic nitrogens is 1. The maximum absolute atomic E-state index is 13.3. The number of hydrogen-bond donors (Lipinski definition) is 0. The van der Waals surface area contributed by atoms with Crippen molar-refractivity contribution in [2.75, 3.05) is 23.7 Å². The Hall–Kier alpha value is -2.52. The molecule has 146 valence electrons. The van der Waals surface area contributed by atoms with Gasteiger partial charge < -0.3 is 9.64 Å². The Balaban J connectivity index is 1.36. The van der Waals surface area contributed by atoms with Gasteiger partial charge in [0, 0.05) is 0 Å². The van der Waals surface area contributed by atoms with E-state index >= 15 is 0 Å². The molecule has 28 heavy (non-hydrogen) atoms. The van der Waals surface area contributed by atoms with Crippen molar-refractivity contribution in [2.45, 2.75) is 17.9 Å². The van der Waals surface area contributed by atoms with Crippen molar-refractivity contribution < 1.29 is 22.3 Å². The van der Waals surface area contributed by atoms with E-state index in [2.05, 4.69) is 4.98 Å². The van der Waals surface area contributed by atoms with E-state index in [0.29, 0.717) is 18.7 Å². The summed E-state index contributed by atoms with van der Waals surface area (Å²) < 4.78 is 43.2. The molecule has 0 bridgehead atoms. The van der Waals surface area contributed by atoms with E-state index in [0.717, 1.165) is 15.3 Å². The van der Waals surface area contributed by atoms with Crippen molar-refractivity contribution in [3.05, 3.63) is 53.8 Å². The predicted molar refractivity (Wildman–Crippen MR) is 105 cm³/mol. The van der Waals surface area contributed by atoms with Crippen LogP contribution in [-0.4, -0.2) is 44.3 Å². The summed E-state index contributed by atoms with van der Waals surface area (Å²) in [4.78, 5) is 18.9. The van der Waals surface area contributed by atoms with Gasteiger partial charge in [0.05, 0.1) is 39.5 Å². The van der Waals surface area contributed by atoms with Gasteiger partial charge in [-0.1, -0.05) is 18.3 Å². The van der Waals surface area contributed by atoms with Crippen molar-refractivity contribution in [3.8, 4) is 0 Å². The maximum Gasteiger partial charge on any atom is 0.338 e. The summed E-state index contributed by atoms with van der Waals surface area (Å²) in [5.41, 5.74) is 1.05. The Morgan fingerprint density at radius 3 is 2.64 bits per heavy atom. The highest BCUT2D eigenvalue weighted by Gasteiger charge is 2.32. The lowest BCUT2D eigenvalue weighted by Crippen LogP contribution is -2.53. The highest BCUT2D eigenvalue weighted by molar-refractivity contribution is 7.91. The average Bonchev–Trinajstić information content (AvgIpc) is 3.06. The van der Waals surface area contributed by atoms with Crippen LogP contribution in [0.4, 0.5) is 9.52 Å². The number of halogens is 1. The van der Waals surface area contributed by atoms with Gasteiger partial charge in [0.1, 0.15) is 11.9 Å². The third kappa shape index (κ3) is 3.59. The number of rotatable bonds is 5. The van der Waals surface area contributed by atoms with E-state index in [1.807, 2.05) is 4.90 Å². The quantitative estimate of drug-likeness (QED) is 0.590. The highest BCUT2D eigenvalue weighted by atomic mass is 32.2. The van der Waals surface area contributed by atoms with Crippen molar-refractivity contribution >= 4 is 42.5 Å². The molecule has 1 aliphatic heterocycles. The van der Waals surface area contributed by atoms with Crippen LogP contribution in [-0.2, 0) is 14.6 Å². The normalized spacial score (nSPS) is 14.9. The second-order valence-electron chi connectivity index (χ2n) is 6.47. The minimum Gasteiger partial charge on any atom is -0.455 e. The zero-order valence-corrected chi connectivity index (χ0v) is 16.6. The first-order chi connectivity index (χ1) is 13.4. The van der Waals surface area contributed by atoms with E-state index in [9.17, 15) is 17.6 Å². The number of hydrogen-bond acceptors (Lipinski definition) is 7. The summed E-state index contributed by atoms with van der Waals surface area (Å²) in [6.45, 7) is 2.59. The molecule has 2 heterocycles. The van der Waals surface area contributed by atoms with Crippen LogP contribution in [0.25, 0.3) is 10.2 Å².